The molecule has 2 aromatic carbocycles. The minimum absolute atomic E-state index is 0.0670. The molecule has 22 heavy (non-hydrogen) atoms. The van der Waals surface area contributed by atoms with Crippen LogP contribution in [0.5, 0.6) is 5.75 Å². The van der Waals surface area contributed by atoms with E-state index in [4.69, 9.17) is 10.5 Å². The summed E-state index contributed by atoms with van der Waals surface area (Å²) in [6, 6.07) is 13.6. The maximum Gasteiger partial charge on any atom is 0.251 e. The van der Waals surface area contributed by atoms with Crippen LogP contribution in [0, 0.1) is 6.92 Å². The van der Waals surface area contributed by atoms with Gasteiger partial charge < -0.3 is 15.8 Å². The third-order valence-electron chi connectivity index (χ3n) is 3.70. The number of anilines is 1. The van der Waals surface area contributed by atoms with Gasteiger partial charge in [0.2, 0.25) is 0 Å². The first-order valence-electron chi connectivity index (χ1n) is 7.50. The number of hydrogen-bond donors (Lipinski definition) is 2. The third-order valence-corrected chi connectivity index (χ3v) is 3.70. The molecule has 1 aliphatic rings. The number of nitrogens with one attached hydrogen (secondary N) is 1. The molecule has 4 heteroatoms. The number of carbonyl (C=O) groups excluding carboxylic acids is 1. The van der Waals surface area contributed by atoms with Crippen molar-refractivity contribution < 1.29 is 9.53 Å². The molecule has 0 atom stereocenters. The zero-order chi connectivity index (χ0) is 15.5. The molecule has 0 unspecified atom stereocenters. The van der Waals surface area contributed by atoms with Crippen molar-refractivity contribution in [1.82, 2.24) is 5.32 Å². The molecule has 1 aliphatic carbocycles. The van der Waals surface area contributed by atoms with Crippen LogP contribution in [0.15, 0.2) is 42.5 Å². The highest BCUT2D eigenvalue weighted by Gasteiger charge is 2.24. The lowest BCUT2D eigenvalue weighted by molar-refractivity contribution is 0.0950. The highest BCUT2D eigenvalue weighted by molar-refractivity contribution is 5.95. The van der Waals surface area contributed by atoms with Crippen molar-refractivity contribution in [1.29, 1.82) is 0 Å². The van der Waals surface area contributed by atoms with Crippen LogP contribution in [-0.4, -0.2) is 11.9 Å². The zero-order valence-electron chi connectivity index (χ0n) is 12.6. The predicted octanol–water partition coefficient (Wildman–Crippen LogP) is 3.05. The van der Waals surface area contributed by atoms with E-state index in [0.717, 1.165) is 18.4 Å². The van der Waals surface area contributed by atoms with Crippen LogP contribution in [0.1, 0.15) is 34.3 Å². The van der Waals surface area contributed by atoms with Gasteiger partial charge in [-0.1, -0.05) is 29.8 Å². The second-order valence-electron chi connectivity index (χ2n) is 5.77. The van der Waals surface area contributed by atoms with E-state index in [9.17, 15) is 4.79 Å². The van der Waals surface area contributed by atoms with Gasteiger partial charge in [0.25, 0.3) is 5.91 Å². The number of carbonyl (C=O) groups is 1. The summed E-state index contributed by atoms with van der Waals surface area (Å²) in [5.41, 5.74) is 9.33. The molecular formula is C18H20N2O2. The molecule has 0 radical (unpaired) electrons. The van der Waals surface area contributed by atoms with E-state index in [0.29, 0.717) is 29.6 Å². The van der Waals surface area contributed by atoms with Gasteiger partial charge in [-0.05, 0) is 43.5 Å². The number of nitrogen functional groups attached to an aromatic ring is 1. The van der Waals surface area contributed by atoms with Crippen molar-refractivity contribution in [2.24, 2.45) is 0 Å². The van der Waals surface area contributed by atoms with Crippen molar-refractivity contribution >= 4 is 11.6 Å². The van der Waals surface area contributed by atoms with Crippen molar-refractivity contribution in [2.45, 2.75) is 32.4 Å². The van der Waals surface area contributed by atoms with Crippen LogP contribution in [-0.2, 0) is 6.61 Å². The molecular weight excluding hydrogens is 276 g/mol. The number of benzene rings is 2. The molecule has 2 aromatic rings. The van der Waals surface area contributed by atoms with Crippen LogP contribution in [0.4, 0.5) is 5.69 Å². The van der Waals surface area contributed by atoms with Gasteiger partial charge in [-0.25, -0.2) is 0 Å². The maximum atomic E-state index is 12.1. The topological polar surface area (TPSA) is 64.3 Å². The lowest BCUT2D eigenvalue weighted by atomic mass is 10.1. The molecule has 4 nitrogen and oxygen atoms in total. The molecule has 114 valence electrons. The molecule has 1 amide bonds. The SMILES string of the molecule is Cc1ccc(COc2cc(C(=O)NC3CC3)ccc2N)cc1. The average molecular weight is 296 g/mol. The summed E-state index contributed by atoms with van der Waals surface area (Å²) in [7, 11) is 0. The number of hydrogen-bond acceptors (Lipinski definition) is 3. The normalized spacial score (nSPS) is 13.7. The number of rotatable bonds is 5. The molecule has 3 rings (SSSR count). The van der Waals surface area contributed by atoms with Crippen molar-refractivity contribution in [3.05, 3.63) is 59.2 Å². The maximum absolute atomic E-state index is 12.1. The van der Waals surface area contributed by atoms with Crippen LogP contribution < -0.4 is 15.8 Å². The molecule has 0 aromatic heterocycles. The lowest BCUT2D eigenvalue weighted by Crippen LogP contribution is -2.25. The van der Waals surface area contributed by atoms with Gasteiger partial charge in [0.05, 0.1) is 5.69 Å². The Balaban J connectivity index is 1.69. The van der Waals surface area contributed by atoms with E-state index in [1.807, 2.05) is 31.2 Å². The average Bonchev–Trinajstić information content (AvgIpc) is 3.32. The summed E-state index contributed by atoms with van der Waals surface area (Å²) in [5.74, 6) is 0.478. The standard InChI is InChI=1S/C18H20N2O2/c1-12-2-4-13(5-3-12)11-22-17-10-14(6-9-16(17)19)18(21)20-15-7-8-15/h2-6,9-10,15H,7-8,11,19H2,1H3,(H,20,21). The highest BCUT2D eigenvalue weighted by Crippen LogP contribution is 2.25. The summed E-state index contributed by atoms with van der Waals surface area (Å²) in [6.07, 6.45) is 2.13. The molecule has 0 spiro atoms. The minimum atomic E-state index is -0.0670. The summed E-state index contributed by atoms with van der Waals surface area (Å²) in [5, 5.41) is 2.96. The molecule has 0 aliphatic heterocycles. The van der Waals surface area contributed by atoms with Crippen molar-refractivity contribution in [3.63, 3.8) is 0 Å². The molecule has 0 heterocycles. The van der Waals surface area contributed by atoms with Gasteiger partial charge in [-0.3, -0.25) is 4.79 Å². The van der Waals surface area contributed by atoms with Crippen LogP contribution >= 0.6 is 0 Å². The largest absolute Gasteiger partial charge is 0.487 e. The first-order valence-corrected chi connectivity index (χ1v) is 7.50. The summed E-state index contributed by atoms with van der Waals surface area (Å²) < 4.78 is 5.77. The Labute approximate surface area is 130 Å². The first-order chi connectivity index (χ1) is 10.6. The second kappa shape index (κ2) is 6.10. The van der Waals surface area contributed by atoms with Gasteiger partial charge in [0.15, 0.2) is 0 Å². The quantitative estimate of drug-likeness (QED) is 0.834. The number of nitrogens with two attached hydrogens (primary N) is 1. The van der Waals surface area contributed by atoms with Crippen LogP contribution in [0.2, 0.25) is 0 Å². The minimum Gasteiger partial charge on any atom is -0.487 e. The van der Waals surface area contributed by atoms with E-state index in [-0.39, 0.29) is 5.91 Å². The molecule has 1 saturated carbocycles. The van der Waals surface area contributed by atoms with Crippen LogP contribution in [0.25, 0.3) is 0 Å². The molecule has 0 saturated heterocycles. The Morgan fingerprint density at radius 2 is 1.95 bits per heavy atom. The van der Waals surface area contributed by atoms with Gasteiger partial charge in [-0.15, -0.1) is 0 Å². The van der Waals surface area contributed by atoms with E-state index < -0.39 is 0 Å². The lowest BCUT2D eigenvalue weighted by Gasteiger charge is -2.11. The third kappa shape index (κ3) is 3.58. The molecule has 3 N–H and O–H groups in total. The Hall–Kier alpha value is -2.49. The number of amides is 1. The van der Waals surface area contributed by atoms with Gasteiger partial charge in [-0.2, -0.15) is 0 Å². The molecule has 1 fully saturated rings. The smallest absolute Gasteiger partial charge is 0.251 e. The zero-order valence-corrected chi connectivity index (χ0v) is 12.6. The number of aryl methyl sites for hydroxylation is 1. The van der Waals surface area contributed by atoms with E-state index >= 15 is 0 Å². The monoisotopic (exact) mass is 296 g/mol. The number of ether oxygens (including phenoxy) is 1. The predicted molar refractivity (Wildman–Crippen MR) is 86.9 cm³/mol. The van der Waals surface area contributed by atoms with Gasteiger partial charge in [0.1, 0.15) is 12.4 Å². The fourth-order valence-electron chi connectivity index (χ4n) is 2.14. The Morgan fingerprint density at radius 1 is 1.23 bits per heavy atom. The van der Waals surface area contributed by atoms with E-state index in [2.05, 4.69) is 5.32 Å². The summed E-state index contributed by atoms with van der Waals surface area (Å²) in [6.45, 7) is 2.47. The van der Waals surface area contributed by atoms with Crippen molar-refractivity contribution in [3.8, 4) is 5.75 Å². The van der Waals surface area contributed by atoms with Gasteiger partial charge in [0, 0.05) is 11.6 Å². The first kappa shape index (κ1) is 14.4. The van der Waals surface area contributed by atoms with Crippen molar-refractivity contribution in [2.75, 3.05) is 5.73 Å². The van der Waals surface area contributed by atoms with Crippen LogP contribution in [0.3, 0.4) is 0 Å². The second-order valence-corrected chi connectivity index (χ2v) is 5.77. The Morgan fingerprint density at radius 3 is 2.64 bits per heavy atom. The Kier molecular flexibility index (Phi) is 4.00. The molecule has 0 bridgehead atoms. The van der Waals surface area contributed by atoms with Gasteiger partial charge >= 0.3 is 0 Å². The van der Waals surface area contributed by atoms with E-state index in [1.54, 1.807) is 18.2 Å². The Bertz CT molecular complexity index is 676. The fourth-order valence-corrected chi connectivity index (χ4v) is 2.14. The summed E-state index contributed by atoms with van der Waals surface area (Å²) >= 11 is 0. The summed E-state index contributed by atoms with van der Waals surface area (Å²) in [4.78, 5) is 12.1. The fraction of sp³-hybridized carbons (Fsp3) is 0.278. The highest BCUT2D eigenvalue weighted by atomic mass is 16.5. The van der Waals surface area contributed by atoms with E-state index in [1.165, 1.54) is 5.56 Å².